The van der Waals surface area contributed by atoms with Gasteiger partial charge in [-0.3, -0.25) is 9.59 Å². The second kappa shape index (κ2) is 8.11. The number of hydrogen-bond acceptors (Lipinski definition) is 3. The van der Waals surface area contributed by atoms with Crippen molar-refractivity contribution in [1.29, 1.82) is 0 Å². The van der Waals surface area contributed by atoms with Gasteiger partial charge in [0.05, 0.1) is 17.4 Å². The Kier molecular flexibility index (Phi) is 6.16. The van der Waals surface area contributed by atoms with Crippen LogP contribution in [0.4, 0.5) is 5.69 Å². The van der Waals surface area contributed by atoms with Gasteiger partial charge in [-0.25, -0.2) is 0 Å². The van der Waals surface area contributed by atoms with E-state index in [0.29, 0.717) is 17.2 Å². The Morgan fingerprint density at radius 3 is 2.70 bits per heavy atom. The molecule has 0 aliphatic heterocycles. The predicted molar refractivity (Wildman–Crippen MR) is 90.6 cm³/mol. The number of anilines is 1. The number of benzene rings is 1. The van der Waals surface area contributed by atoms with Crippen LogP contribution in [0.5, 0.6) is 0 Å². The summed E-state index contributed by atoms with van der Waals surface area (Å²) >= 11 is 0. The SMILES string of the molecule is CNC(=O)c1c(C)cccc1NC(=O)CO[C@@H]1CCCC[C@@H]1C. The van der Waals surface area contributed by atoms with Crippen LogP contribution < -0.4 is 10.6 Å². The van der Waals surface area contributed by atoms with Gasteiger partial charge in [0.25, 0.3) is 5.91 Å². The molecule has 0 radical (unpaired) electrons. The van der Waals surface area contributed by atoms with Crippen LogP contribution in [0.3, 0.4) is 0 Å². The number of aryl methyl sites for hydroxylation is 1. The van der Waals surface area contributed by atoms with Crippen molar-refractivity contribution < 1.29 is 14.3 Å². The van der Waals surface area contributed by atoms with Gasteiger partial charge >= 0.3 is 0 Å². The molecule has 0 bridgehead atoms. The Morgan fingerprint density at radius 2 is 2.00 bits per heavy atom. The summed E-state index contributed by atoms with van der Waals surface area (Å²) in [6.45, 7) is 4.04. The van der Waals surface area contributed by atoms with E-state index in [1.165, 1.54) is 6.42 Å². The quantitative estimate of drug-likeness (QED) is 0.877. The first-order chi connectivity index (χ1) is 11.0. The highest BCUT2D eigenvalue weighted by Crippen LogP contribution is 2.26. The topological polar surface area (TPSA) is 67.4 Å². The summed E-state index contributed by atoms with van der Waals surface area (Å²) in [4.78, 5) is 24.2. The minimum Gasteiger partial charge on any atom is -0.368 e. The lowest BCUT2D eigenvalue weighted by Gasteiger charge is -2.28. The van der Waals surface area contributed by atoms with Crippen LogP contribution in [-0.2, 0) is 9.53 Å². The summed E-state index contributed by atoms with van der Waals surface area (Å²) in [7, 11) is 1.58. The van der Waals surface area contributed by atoms with Gasteiger partial charge < -0.3 is 15.4 Å². The van der Waals surface area contributed by atoms with Gasteiger partial charge in [0.15, 0.2) is 0 Å². The van der Waals surface area contributed by atoms with Crippen molar-refractivity contribution in [2.75, 3.05) is 19.0 Å². The van der Waals surface area contributed by atoms with Gasteiger partial charge in [0.1, 0.15) is 6.61 Å². The lowest BCUT2D eigenvalue weighted by molar-refractivity contribution is -0.124. The first kappa shape index (κ1) is 17.5. The smallest absolute Gasteiger partial charge is 0.253 e. The zero-order chi connectivity index (χ0) is 16.8. The molecule has 1 fully saturated rings. The van der Waals surface area contributed by atoms with Crippen LogP contribution in [0, 0.1) is 12.8 Å². The molecule has 0 heterocycles. The Balaban J connectivity index is 1.97. The van der Waals surface area contributed by atoms with Crippen LogP contribution in [0.15, 0.2) is 18.2 Å². The third-order valence-corrected chi connectivity index (χ3v) is 4.46. The highest BCUT2D eigenvalue weighted by molar-refractivity contribution is 6.04. The zero-order valence-corrected chi connectivity index (χ0v) is 14.1. The number of hydrogen-bond donors (Lipinski definition) is 2. The number of carbonyl (C=O) groups is 2. The number of ether oxygens (including phenoxy) is 1. The van der Waals surface area contributed by atoms with Gasteiger partial charge in [-0.1, -0.05) is 31.9 Å². The lowest BCUT2D eigenvalue weighted by Crippen LogP contribution is -2.30. The molecule has 0 spiro atoms. The molecule has 1 aliphatic rings. The average Bonchev–Trinajstić information content (AvgIpc) is 2.53. The Bertz CT molecular complexity index is 571. The molecule has 1 aliphatic carbocycles. The standard InChI is InChI=1S/C18H26N2O3/c1-12-7-4-5-10-15(12)23-11-16(21)20-14-9-6-8-13(2)17(14)18(22)19-3/h6,8-9,12,15H,4-5,7,10-11H2,1-3H3,(H,19,22)(H,20,21)/t12-,15+/m0/s1. The molecule has 2 N–H and O–H groups in total. The predicted octanol–water partition coefficient (Wildman–Crippen LogP) is 2.89. The van der Waals surface area contributed by atoms with E-state index in [-0.39, 0.29) is 24.5 Å². The molecule has 1 aromatic carbocycles. The van der Waals surface area contributed by atoms with Gasteiger partial charge in [-0.05, 0) is 37.3 Å². The zero-order valence-electron chi connectivity index (χ0n) is 14.1. The Hall–Kier alpha value is -1.88. The second-order valence-corrected chi connectivity index (χ2v) is 6.24. The molecule has 1 saturated carbocycles. The number of carbonyl (C=O) groups excluding carboxylic acids is 2. The summed E-state index contributed by atoms with van der Waals surface area (Å²) < 4.78 is 5.77. The maximum atomic E-state index is 12.2. The van der Waals surface area contributed by atoms with Crippen molar-refractivity contribution in [3.05, 3.63) is 29.3 Å². The maximum absolute atomic E-state index is 12.2. The molecular weight excluding hydrogens is 292 g/mol. The van der Waals surface area contributed by atoms with Crippen LogP contribution >= 0.6 is 0 Å². The summed E-state index contributed by atoms with van der Waals surface area (Å²) in [6.07, 6.45) is 4.74. The van der Waals surface area contributed by atoms with Crippen LogP contribution in [0.25, 0.3) is 0 Å². The van der Waals surface area contributed by atoms with Crippen molar-refractivity contribution in [3.8, 4) is 0 Å². The van der Waals surface area contributed by atoms with E-state index in [1.807, 2.05) is 19.1 Å². The van der Waals surface area contributed by atoms with Gasteiger partial charge in [-0.2, -0.15) is 0 Å². The lowest BCUT2D eigenvalue weighted by atomic mass is 9.88. The fourth-order valence-electron chi connectivity index (χ4n) is 3.10. The van der Waals surface area contributed by atoms with E-state index in [2.05, 4.69) is 17.6 Å². The molecular formula is C18H26N2O3. The summed E-state index contributed by atoms with van der Waals surface area (Å²) in [5, 5.41) is 5.40. The minimum absolute atomic E-state index is 0.0239. The Morgan fingerprint density at radius 1 is 1.26 bits per heavy atom. The summed E-state index contributed by atoms with van der Waals surface area (Å²) in [5.74, 6) is 0.0655. The molecule has 23 heavy (non-hydrogen) atoms. The fourth-order valence-corrected chi connectivity index (χ4v) is 3.10. The largest absolute Gasteiger partial charge is 0.368 e. The molecule has 2 atom stereocenters. The second-order valence-electron chi connectivity index (χ2n) is 6.24. The van der Waals surface area contributed by atoms with Crippen LogP contribution in [0.2, 0.25) is 0 Å². The third-order valence-electron chi connectivity index (χ3n) is 4.46. The number of nitrogens with one attached hydrogen (secondary N) is 2. The van der Waals surface area contributed by atoms with E-state index in [1.54, 1.807) is 13.1 Å². The number of amides is 2. The molecule has 2 rings (SSSR count). The van der Waals surface area contributed by atoms with Crippen LogP contribution in [-0.4, -0.2) is 31.6 Å². The monoisotopic (exact) mass is 318 g/mol. The minimum atomic E-state index is -0.224. The molecule has 0 aromatic heterocycles. The summed E-state index contributed by atoms with van der Waals surface area (Å²) in [6, 6.07) is 5.40. The molecule has 5 nitrogen and oxygen atoms in total. The highest BCUT2D eigenvalue weighted by atomic mass is 16.5. The maximum Gasteiger partial charge on any atom is 0.253 e. The van der Waals surface area contributed by atoms with E-state index in [9.17, 15) is 9.59 Å². The van der Waals surface area contributed by atoms with Crippen molar-refractivity contribution in [2.45, 2.75) is 45.6 Å². The van der Waals surface area contributed by atoms with Gasteiger partial charge in [0, 0.05) is 7.05 Å². The molecule has 1 aromatic rings. The summed E-state index contributed by atoms with van der Waals surface area (Å²) in [5.41, 5.74) is 1.84. The molecule has 5 heteroatoms. The highest BCUT2D eigenvalue weighted by Gasteiger charge is 2.23. The normalized spacial score (nSPS) is 20.8. The van der Waals surface area contributed by atoms with E-state index < -0.39 is 0 Å². The van der Waals surface area contributed by atoms with Crippen LogP contribution in [0.1, 0.15) is 48.5 Å². The average molecular weight is 318 g/mol. The van der Waals surface area contributed by atoms with E-state index in [0.717, 1.165) is 24.8 Å². The molecule has 126 valence electrons. The van der Waals surface area contributed by atoms with Crippen molar-refractivity contribution >= 4 is 17.5 Å². The molecule has 0 unspecified atom stereocenters. The first-order valence-corrected chi connectivity index (χ1v) is 8.26. The van der Waals surface area contributed by atoms with E-state index >= 15 is 0 Å². The number of rotatable bonds is 5. The van der Waals surface area contributed by atoms with Crippen molar-refractivity contribution in [2.24, 2.45) is 5.92 Å². The fraction of sp³-hybridized carbons (Fsp3) is 0.556. The first-order valence-electron chi connectivity index (χ1n) is 8.26. The molecule has 0 saturated heterocycles. The van der Waals surface area contributed by atoms with E-state index in [4.69, 9.17) is 4.74 Å². The molecule has 2 amide bonds. The Labute approximate surface area is 137 Å². The van der Waals surface area contributed by atoms with Gasteiger partial charge in [-0.15, -0.1) is 0 Å². The third kappa shape index (κ3) is 4.55. The van der Waals surface area contributed by atoms with Crippen molar-refractivity contribution in [1.82, 2.24) is 5.32 Å². The van der Waals surface area contributed by atoms with Crippen molar-refractivity contribution in [3.63, 3.8) is 0 Å². The van der Waals surface area contributed by atoms with Gasteiger partial charge in [0.2, 0.25) is 5.91 Å².